The SMILES string of the molecule is COc1ccccc1[C@@H](C)NC1CCC(NC(=O)OC(C)(C)C)CC1. The molecule has 1 fully saturated rings. The van der Waals surface area contributed by atoms with Gasteiger partial charge >= 0.3 is 6.09 Å². The topological polar surface area (TPSA) is 59.6 Å². The normalized spacial score (nSPS) is 22.1. The van der Waals surface area contributed by atoms with Crippen LogP contribution in [-0.2, 0) is 4.74 Å². The minimum Gasteiger partial charge on any atom is -0.496 e. The summed E-state index contributed by atoms with van der Waals surface area (Å²) in [6, 6.07) is 9.02. The zero-order valence-corrected chi connectivity index (χ0v) is 16.1. The molecule has 0 spiro atoms. The first-order valence-corrected chi connectivity index (χ1v) is 9.17. The molecule has 0 radical (unpaired) electrons. The monoisotopic (exact) mass is 348 g/mol. The third-order valence-corrected chi connectivity index (χ3v) is 4.54. The summed E-state index contributed by atoms with van der Waals surface area (Å²) < 4.78 is 10.8. The van der Waals surface area contributed by atoms with Crippen LogP contribution in [0.2, 0.25) is 0 Å². The lowest BCUT2D eigenvalue weighted by atomic mass is 9.90. The summed E-state index contributed by atoms with van der Waals surface area (Å²) in [5.74, 6) is 0.919. The molecule has 25 heavy (non-hydrogen) atoms. The Kier molecular flexibility index (Phi) is 6.71. The van der Waals surface area contributed by atoms with Gasteiger partial charge in [0.15, 0.2) is 0 Å². The molecule has 0 heterocycles. The summed E-state index contributed by atoms with van der Waals surface area (Å²) in [4.78, 5) is 11.9. The van der Waals surface area contributed by atoms with Crippen LogP contribution >= 0.6 is 0 Å². The average Bonchev–Trinajstić information content (AvgIpc) is 2.54. The molecule has 1 amide bonds. The van der Waals surface area contributed by atoms with Gasteiger partial charge in [0, 0.05) is 23.7 Å². The lowest BCUT2D eigenvalue weighted by Crippen LogP contribution is -2.44. The highest BCUT2D eigenvalue weighted by atomic mass is 16.6. The van der Waals surface area contributed by atoms with Crippen LogP contribution < -0.4 is 15.4 Å². The van der Waals surface area contributed by atoms with E-state index in [0.29, 0.717) is 6.04 Å². The molecule has 5 heteroatoms. The van der Waals surface area contributed by atoms with Crippen LogP contribution in [-0.4, -0.2) is 30.9 Å². The summed E-state index contributed by atoms with van der Waals surface area (Å²) in [7, 11) is 1.71. The number of benzene rings is 1. The van der Waals surface area contributed by atoms with Gasteiger partial charge in [0.25, 0.3) is 0 Å². The number of hydrogen-bond acceptors (Lipinski definition) is 4. The molecule has 1 atom stereocenters. The minimum absolute atomic E-state index is 0.203. The Bertz CT molecular complexity index is 560. The van der Waals surface area contributed by atoms with E-state index in [0.717, 1.165) is 31.4 Å². The van der Waals surface area contributed by atoms with E-state index in [2.05, 4.69) is 23.6 Å². The summed E-state index contributed by atoms with van der Waals surface area (Å²) in [6.07, 6.45) is 3.71. The first kappa shape index (κ1) is 19.6. The van der Waals surface area contributed by atoms with Gasteiger partial charge in [-0.25, -0.2) is 4.79 Å². The van der Waals surface area contributed by atoms with Gasteiger partial charge in [0.05, 0.1) is 7.11 Å². The molecule has 1 aromatic rings. The number of alkyl carbamates (subject to hydrolysis) is 1. The average molecular weight is 348 g/mol. The Morgan fingerprint density at radius 2 is 1.72 bits per heavy atom. The Morgan fingerprint density at radius 1 is 1.12 bits per heavy atom. The number of amides is 1. The lowest BCUT2D eigenvalue weighted by molar-refractivity contribution is 0.0489. The molecular weight excluding hydrogens is 316 g/mol. The molecule has 1 saturated carbocycles. The van der Waals surface area contributed by atoms with Crippen molar-refractivity contribution in [1.29, 1.82) is 0 Å². The number of hydrogen-bond donors (Lipinski definition) is 2. The number of rotatable bonds is 5. The lowest BCUT2D eigenvalue weighted by Gasteiger charge is -2.32. The molecule has 5 nitrogen and oxygen atoms in total. The van der Waals surface area contributed by atoms with Gasteiger partial charge in [-0.1, -0.05) is 18.2 Å². The summed E-state index contributed by atoms with van der Waals surface area (Å²) >= 11 is 0. The van der Waals surface area contributed by atoms with Crippen LogP contribution in [0.15, 0.2) is 24.3 Å². The summed E-state index contributed by atoms with van der Waals surface area (Å²) in [6.45, 7) is 7.81. The van der Waals surface area contributed by atoms with Gasteiger partial charge in [-0.2, -0.15) is 0 Å². The Labute approximate surface area is 151 Å². The molecule has 0 aromatic heterocycles. The maximum absolute atomic E-state index is 11.9. The van der Waals surface area contributed by atoms with Crippen LogP contribution in [0.3, 0.4) is 0 Å². The number of para-hydroxylation sites is 1. The second-order valence-corrected chi connectivity index (χ2v) is 7.83. The maximum atomic E-state index is 11.9. The Morgan fingerprint density at radius 3 is 2.32 bits per heavy atom. The quantitative estimate of drug-likeness (QED) is 0.838. The predicted octanol–water partition coefficient (Wildman–Crippen LogP) is 4.18. The second-order valence-electron chi connectivity index (χ2n) is 7.83. The fraction of sp³-hybridized carbons (Fsp3) is 0.650. The fourth-order valence-corrected chi connectivity index (χ4v) is 3.35. The zero-order chi connectivity index (χ0) is 18.4. The smallest absolute Gasteiger partial charge is 0.407 e. The van der Waals surface area contributed by atoms with Crippen LogP contribution in [0, 0.1) is 0 Å². The van der Waals surface area contributed by atoms with Crippen LogP contribution in [0.1, 0.15) is 65.0 Å². The Hall–Kier alpha value is -1.75. The van der Waals surface area contributed by atoms with Crippen molar-refractivity contribution >= 4 is 6.09 Å². The molecule has 0 aliphatic heterocycles. The molecular formula is C20H32N2O3. The standard InChI is InChI=1S/C20H32N2O3/c1-14(17-8-6-7-9-18(17)24-5)21-15-10-12-16(13-11-15)22-19(23)25-20(2,3)4/h6-9,14-16,21H,10-13H2,1-5H3,(H,22,23)/t14-,15?,16?/m1/s1. The van der Waals surface area contributed by atoms with E-state index in [-0.39, 0.29) is 18.2 Å². The van der Waals surface area contributed by atoms with Crippen molar-refractivity contribution in [2.45, 2.75) is 77.1 Å². The van der Waals surface area contributed by atoms with E-state index < -0.39 is 5.60 Å². The summed E-state index contributed by atoms with van der Waals surface area (Å²) in [5.41, 5.74) is 0.728. The van der Waals surface area contributed by atoms with Crippen molar-refractivity contribution in [1.82, 2.24) is 10.6 Å². The zero-order valence-electron chi connectivity index (χ0n) is 16.1. The van der Waals surface area contributed by atoms with Crippen molar-refractivity contribution in [2.24, 2.45) is 0 Å². The molecule has 2 N–H and O–H groups in total. The van der Waals surface area contributed by atoms with Gasteiger partial charge in [-0.15, -0.1) is 0 Å². The van der Waals surface area contributed by atoms with Crippen molar-refractivity contribution in [2.75, 3.05) is 7.11 Å². The highest BCUT2D eigenvalue weighted by Gasteiger charge is 2.26. The first-order chi connectivity index (χ1) is 11.8. The summed E-state index contributed by atoms with van der Waals surface area (Å²) in [5, 5.41) is 6.69. The van der Waals surface area contributed by atoms with Crippen molar-refractivity contribution < 1.29 is 14.3 Å². The second kappa shape index (κ2) is 8.56. The molecule has 2 rings (SSSR count). The third-order valence-electron chi connectivity index (χ3n) is 4.54. The van der Waals surface area contributed by atoms with Crippen LogP contribution in [0.4, 0.5) is 4.79 Å². The third kappa shape index (κ3) is 6.24. The van der Waals surface area contributed by atoms with Gasteiger partial charge < -0.3 is 20.1 Å². The highest BCUT2D eigenvalue weighted by Crippen LogP contribution is 2.27. The largest absolute Gasteiger partial charge is 0.496 e. The number of nitrogens with one attached hydrogen (secondary N) is 2. The number of carbonyl (C=O) groups is 1. The number of ether oxygens (including phenoxy) is 2. The van der Waals surface area contributed by atoms with E-state index in [1.807, 2.05) is 39.0 Å². The maximum Gasteiger partial charge on any atom is 0.407 e. The van der Waals surface area contributed by atoms with E-state index in [1.165, 1.54) is 5.56 Å². The van der Waals surface area contributed by atoms with Crippen LogP contribution in [0.5, 0.6) is 5.75 Å². The first-order valence-electron chi connectivity index (χ1n) is 9.17. The van der Waals surface area contributed by atoms with Crippen molar-refractivity contribution in [3.05, 3.63) is 29.8 Å². The highest BCUT2D eigenvalue weighted by molar-refractivity contribution is 5.68. The van der Waals surface area contributed by atoms with Crippen LogP contribution in [0.25, 0.3) is 0 Å². The molecule has 1 aromatic carbocycles. The number of methoxy groups -OCH3 is 1. The van der Waals surface area contributed by atoms with Gasteiger partial charge in [-0.05, 0) is 59.4 Å². The van der Waals surface area contributed by atoms with Gasteiger partial charge in [0.2, 0.25) is 0 Å². The van der Waals surface area contributed by atoms with Gasteiger partial charge in [0.1, 0.15) is 11.4 Å². The molecule has 1 aliphatic rings. The van der Waals surface area contributed by atoms with E-state index in [1.54, 1.807) is 7.11 Å². The molecule has 140 valence electrons. The minimum atomic E-state index is -0.451. The fourth-order valence-electron chi connectivity index (χ4n) is 3.35. The Balaban J connectivity index is 1.79. The van der Waals surface area contributed by atoms with Crippen molar-refractivity contribution in [3.63, 3.8) is 0 Å². The molecule has 0 bridgehead atoms. The molecule has 0 unspecified atom stereocenters. The van der Waals surface area contributed by atoms with Gasteiger partial charge in [-0.3, -0.25) is 0 Å². The molecule has 1 aliphatic carbocycles. The van der Waals surface area contributed by atoms with Crippen molar-refractivity contribution in [3.8, 4) is 5.75 Å². The predicted molar refractivity (Wildman–Crippen MR) is 100.0 cm³/mol. The van der Waals surface area contributed by atoms with E-state index in [4.69, 9.17) is 9.47 Å². The number of carbonyl (C=O) groups excluding carboxylic acids is 1. The molecule has 0 saturated heterocycles. The van der Waals surface area contributed by atoms with E-state index in [9.17, 15) is 4.79 Å². The van der Waals surface area contributed by atoms with E-state index >= 15 is 0 Å².